The van der Waals surface area contributed by atoms with Gasteiger partial charge in [-0.25, -0.2) is 0 Å². The molecule has 0 fully saturated rings. The Kier molecular flexibility index (Phi) is 12.0. The van der Waals surface area contributed by atoms with E-state index in [1.54, 1.807) is 0 Å². The first kappa shape index (κ1) is 18.4. The van der Waals surface area contributed by atoms with E-state index in [1.807, 2.05) is 6.92 Å². The first-order chi connectivity index (χ1) is 9.10. The number of unbranched alkanes of at least 4 members (excludes halogenated alkanes) is 2. The third-order valence-corrected chi connectivity index (χ3v) is 3.06. The summed E-state index contributed by atoms with van der Waals surface area (Å²) in [7, 11) is 4.23. The average molecular weight is 272 g/mol. The zero-order valence-corrected chi connectivity index (χ0v) is 13.3. The molecular weight excluding hydrogens is 240 g/mol. The highest BCUT2D eigenvalue weighted by atomic mass is 16.5. The third kappa shape index (κ3) is 12.2. The molecule has 0 aromatic rings. The van der Waals surface area contributed by atoms with Crippen molar-refractivity contribution in [3.63, 3.8) is 0 Å². The third-order valence-electron chi connectivity index (χ3n) is 3.06. The summed E-state index contributed by atoms with van der Waals surface area (Å²) in [5, 5.41) is 0. The van der Waals surface area contributed by atoms with E-state index in [-0.39, 0.29) is 5.97 Å². The van der Waals surface area contributed by atoms with Crippen molar-refractivity contribution in [3.8, 4) is 0 Å². The summed E-state index contributed by atoms with van der Waals surface area (Å²) in [5.41, 5.74) is 0. The molecule has 0 aliphatic carbocycles. The Bertz CT molecular complexity index is 220. The van der Waals surface area contributed by atoms with Crippen LogP contribution in [0.1, 0.15) is 46.0 Å². The Morgan fingerprint density at radius 2 is 1.68 bits per heavy atom. The van der Waals surface area contributed by atoms with Crippen LogP contribution < -0.4 is 0 Å². The monoisotopic (exact) mass is 272 g/mol. The van der Waals surface area contributed by atoms with Gasteiger partial charge in [-0.05, 0) is 53.4 Å². The highest BCUT2D eigenvalue weighted by Crippen LogP contribution is 2.04. The van der Waals surface area contributed by atoms with Gasteiger partial charge in [-0.2, -0.15) is 0 Å². The molecule has 0 saturated carbocycles. The molecule has 0 atom stereocenters. The summed E-state index contributed by atoms with van der Waals surface area (Å²) < 4.78 is 4.92. The molecule has 0 heterocycles. The molecule has 114 valence electrons. The Morgan fingerprint density at radius 3 is 2.26 bits per heavy atom. The van der Waals surface area contributed by atoms with Crippen LogP contribution in [0.25, 0.3) is 0 Å². The quantitative estimate of drug-likeness (QED) is 0.403. The number of carbonyl (C=O) groups is 1. The Balaban J connectivity index is 3.60. The van der Waals surface area contributed by atoms with E-state index in [0.29, 0.717) is 13.0 Å². The van der Waals surface area contributed by atoms with Crippen LogP contribution in [0.2, 0.25) is 0 Å². The molecule has 0 aliphatic heterocycles. The maximum absolute atomic E-state index is 11.2. The van der Waals surface area contributed by atoms with E-state index >= 15 is 0 Å². The van der Waals surface area contributed by atoms with Crippen LogP contribution >= 0.6 is 0 Å². The van der Waals surface area contributed by atoms with Gasteiger partial charge in [0.15, 0.2) is 0 Å². The molecule has 0 aromatic carbocycles. The number of carbonyl (C=O) groups excluding carboxylic acids is 1. The van der Waals surface area contributed by atoms with Crippen molar-refractivity contribution in [2.75, 3.05) is 46.9 Å². The number of nitrogens with zero attached hydrogens (tertiary/aromatic N) is 2. The van der Waals surface area contributed by atoms with Crippen molar-refractivity contribution in [1.29, 1.82) is 0 Å². The van der Waals surface area contributed by atoms with Crippen molar-refractivity contribution in [1.82, 2.24) is 9.80 Å². The molecule has 0 spiro atoms. The van der Waals surface area contributed by atoms with E-state index in [0.717, 1.165) is 32.5 Å². The standard InChI is InChI=1S/C15H32N2O2/c1-5-11-17(14-13-16(3)4)12-9-7-8-10-15(18)19-6-2/h5-14H2,1-4H3. The summed E-state index contributed by atoms with van der Waals surface area (Å²) in [6.45, 7) is 9.14. The number of likely N-dealkylation sites (N-methyl/N-ethyl adjacent to an activating group) is 1. The molecule has 0 aromatic heterocycles. The molecule has 0 amide bonds. The van der Waals surface area contributed by atoms with Crippen LogP contribution in [-0.2, 0) is 9.53 Å². The van der Waals surface area contributed by atoms with Gasteiger partial charge in [-0.1, -0.05) is 13.3 Å². The lowest BCUT2D eigenvalue weighted by Crippen LogP contribution is -2.33. The summed E-state index contributed by atoms with van der Waals surface area (Å²) in [4.78, 5) is 15.9. The van der Waals surface area contributed by atoms with Crippen LogP contribution in [0.4, 0.5) is 0 Å². The Morgan fingerprint density at radius 1 is 0.947 bits per heavy atom. The first-order valence-corrected chi connectivity index (χ1v) is 7.62. The highest BCUT2D eigenvalue weighted by molar-refractivity contribution is 5.69. The van der Waals surface area contributed by atoms with Crippen LogP contribution in [-0.4, -0.2) is 62.7 Å². The molecule has 0 bridgehead atoms. The molecule has 0 unspecified atom stereocenters. The van der Waals surface area contributed by atoms with Crippen molar-refractivity contribution < 1.29 is 9.53 Å². The molecule has 0 N–H and O–H groups in total. The van der Waals surface area contributed by atoms with Gasteiger partial charge in [0, 0.05) is 19.5 Å². The SMILES string of the molecule is CCCN(CCCCCC(=O)OCC)CCN(C)C. The normalized spacial score (nSPS) is 11.3. The molecule has 0 aliphatic rings. The van der Waals surface area contributed by atoms with Crippen molar-refractivity contribution in [3.05, 3.63) is 0 Å². The molecule has 4 nitrogen and oxygen atoms in total. The predicted molar refractivity (Wildman–Crippen MR) is 80.4 cm³/mol. The molecule has 4 heteroatoms. The number of ether oxygens (including phenoxy) is 1. The summed E-state index contributed by atoms with van der Waals surface area (Å²) >= 11 is 0. The number of hydrogen-bond donors (Lipinski definition) is 0. The van der Waals surface area contributed by atoms with Crippen LogP contribution in [0.15, 0.2) is 0 Å². The van der Waals surface area contributed by atoms with E-state index in [9.17, 15) is 4.79 Å². The second kappa shape index (κ2) is 12.4. The molecule has 0 rings (SSSR count). The van der Waals surface area contributed by atoms with E-state index in [1.165, 1.54) is 19.4 Å². The zero-order chi connectivity index (χ0) is 14.5. The average Bonchev–Trinajstić information content (AvgIpc) is 2.35. The van der Waals surface area contributed by atoms with E-state index < -0.39 is 0 Å². The highest BCUT2D eigenvalue weighted by Gasteiger charge is 2.05. The largest absolute Gasteiger partial charge is 0.466 e. The minimum Gasteiger partial charge on any atom is -0.466 e. The zero-order valence-electron chi connectivity index (χ0n) is 13.3. The second-order valence-electron chi connectivity index (χ2n) is 5.26. The molecule has 19 heavy (non-hydrogen) atoms. The van der Waals surface area contributed by atoms with E-state index in [4.69, 9.17) is 4.74 Å². The smallest absolute Gasteiger partial charge is 0.305 e. The fourth-order valence-corrected chi connectivity index (χ4v) is 2.01. The van der Waals surface area contributed by atoms with Crippen molar-refractivity contribution >= 4 is 5.97 Å². The van der Waals surface area contributed by atoms with Gasteiger partial charge >= 0.3 is 5.97 Å². The van der Waals surface area contributed by atoms with Gasteiger partial charge in [0.2, 0.25) is 0 Å². The predicted octanol–water partition coefficient (Wildman–Crippen LogP) is 2.38. The number of rotatable bonds is 12. The van der Waals surface area contributed by atoms with Gasteiger partial charge in [0.25, 0.3) is 0 Å². The Labute approximate surface area is 119 Å². The second-order valence-corrected chi connectivity index (χ2v) is 5.26. The van der Waals surface area contributed by atoms with Crippen molar-refractivity contribution in [2.45, 2.75) is 46.0 Å². The molecule has 0 saturated heterocycles. The van der Waals surface area contributed by atoms with Crippen LogP contribution in [0, 0.1) is 0 Å². The molecule has 0 radical (unpaired) electrons. The topological polar surface area (TPSA) is 32.8 Å². The van der Waals surface area contributed by atoms with Gasteiger partial charge in [-0.15, -0.1) is 0 Å². The fraction of sp³-hybridized carbons (Fsp3) is 0.933. The van der Waals surface area contributed by atoms with Gasteiger partial charge in [0.05, 0.1) is 6.61 Å². The lowest BCUT2D eigenvalue weighted by molar-refractivity contribution is -0.143. The summed E-state index contributed by atoms with van der Waals surface area (Å²) in [6, 6.07) is 0. The maximum atomic E-state index is 11.2. The van der Waals surface area contributed by atoms with Crippen LogP contribution in [0.5, 0.6) is 0 Å². The molecular formula is C15H32N2O2. The lowest BCUT2D eigenvalue weighted by Gasteiger charge is -2.23. The first-order valence-electron chi connectivity index (χ1n) is 7.62. The number of hydrogen-bond acceptors (Lipinski definition) is 4. The summed E-state index contributed by atoms with van der Waals surface area (Å²) in [5.74, 6) is -0.0551. The van der Waals surface area contributed by atoms with Crippen molar-refractivity contribution in [2.24, 2.45) is 0 Å². The van der Waals surface area contributed by atoms with Gasteiger partial charge in [-0.3, -0.25) is 4.79 Å². The summed E-state index contributed by atoms with van der Waals surface area (Å²) in [6.07, 6.45) is 5.01. The van der Waals surface area contributed by atoms with Gasteiger partial charge < -0.3 is 14.5 Å². The van der Waals surface area contributed by atoms with Crippen LogP contribution in [0.3, 0.4) is 0 Å². The maximum Gasteiger partial charge on any atom is 0.305 e. The minimum absolute atomic E-state index is 0.0551. The Hall–Kier alpha value is -0.610. The lowest BCUT2D eigenvalue weighted by atomic mass is 10.2. The minimum atomic E-state index is -0.0551. The van der Waals surface area contributed by atoms with Gasteiger partial charge in [0.1, 0.15) is 0 Å². The van der Waals surface area contributed by atoms with E-state index in [2.05, 4.69) is 30.8 Å². The number of esters is 1. The fourth-order valence-electron chi connectivity index (χ4n) is 2.01.